The Bertz CT molecular complexity index is 489. The lowest BCUT2D eigenvalue weighted by Gasteiger charge is -2.30. The van der Waals surface area contributed by atoms with Gasteiger partial charge in [-0.1, -0.05) is 29.8 Å². The number of ether oxygens (including phenoxy) is 1. The Labute approximate surface area is 111 Å². The van der Waals surface area contributed by atoms with E-state index in [-0.39, 0.29) is 5.56 Å². The van der Waals surface area contributed by atoms with Crippen molar-refractivity contribution < 1.29 is 28.3 Å². The summed E-state index contributed by atoms with van der Waals surface area (Å²) in [6.07, 6.45) is 0. The van der Waals surface area contributed by atoms with Gasteiger partial charge in [0.25, 0.3) is 5.34 Å². The van der Waals surface area contributed by atoms with Gasteiger partial charge in [0.15, 0.2) is 0 Å². The zero-order valence-corrected chi connectivity index (χ0v) is 12.1. The van der Waals surface area contributed by atoms with Crippen LogP contribution in [0, 0.1) is 6.92 Å². The molecule has 1 aromatic rings. The lowest BCUT2D eigenvalue weighted by atomic mass is 10.1. The van der Waals surface area contributed by atoms with Gasteiger partial charge in [0.05, 0.1) is 7.11 Å². The number of esters is 1. The molecule has 106 valence electrons. The number of aliphatic hydroxyl groups is 1. The van der Waals surface area contributed by atoms with E-state index in [1.54, 1.807) is 12.1 Å². The molecule has 0 heterocycles. The molecule has 6 nitrogen and oxygen atoms in total. The standard InChI is InChI=1S/C12H17O6P/c1-9-5-7-10(8-6-9)12(14,11(13)16-2)19(15,17-3)18-4/h5-8,14H,1-4H3/t12-/m0/s1. The molecule has 0 amide bonds. The molecule has 0 saturated heterocycles. The van der Waals surface area contributed by atoms with Crippen LogP contribution in [0.5, 0.6) is 0 Å². The van der Waals surface area contributed by atoms with Gasteiger partial charge in [-0.3, -0.25) is 4.57 Å². The molecular weight excluding hydrogens is 271 g/mol. The predicted molar refractivity (Wildman–Crippen MR) is 68.7 cm³/mol. The molecule has 19 heavy (non-hydrogen) atoms. The number of rotatable bonds is 5. The van der Waals surface area contributed by atoms with E-state index < -0.39 is 18.9 Å². The van der Waals surface area contributed by atoms with Crippen molar-refractivity contribution in [2.24, 2.45) is 0 Å². The highest BCUT2D eigenvalue weighted by molar-refractivity contribution is 7.56. The summed E-state index contributed by atoms with van der Waals surface area (Å²) in [7, 11) is -0.872. The largest absolute Gasteiger partial charge is 0.466 e. The second kappa shape index (κ2) is 5.84. The van der Waals surface area contributed by atoms with E-state index in [0.717, 1.165) is 26.9 Å². The first-order valence-corrected chi connectivity index (χ1v) is 6.99. The van der Waals surface area contributed by atoms with Crippen LogP contribution >= 0.6 is 7.60 Å². The quantitative estimate of drug-likeness (QED) is 0.657. The summed E-state index contributed by atoms with van der Waals surface area (Å²) < 4.78 is 26.5. The zero-order chi connectivity index (χ0) is 14.7. The molecule has 1 N–H and O–H groups in total. The third kappa shape index (κ3) is 2.58. The summed E-state index contributed by atoms with van der Waals surface area (Å²) in [6, 6.07) is 6.27. The summed E-state index contributed by atoms with van der Waals surface area (Å²) in [5.74, 6) is -1.11. The van der Waals surface area contributed by atoms with Crippen molar-refractivity contribution in [3.05, 3.63) is 35.4 Å². The highest BCUT2D eigenvalue weighted by Gasteiger charge is 2.58. The molecule has 0 aliphatic heterocycles. The molecular formula is C12H17O6P. The van der Waals surface area contributed by atoms with Crippen LogP contribution in [0.4, 0.5) is 0 Å². The van der Waals surface area contributed by atoms with Crippen LogP contribution in [0.25, 0.3) is 0 Å². The monoisotopic (exact) mass is 288 g/mol. The number of carbonyl (C=O) groups excluding carboxylic acids is 1. The Morgan fingerprint density at radius 2 is 1.63 bits per heavy atom. The lowest BCUT2D eigenvalue weighted by Crippen LogP contribution is -2.37. The van der Waals surface area contributed by atoms with Crippen LogP contribution < -0.4 is 0 Å². The Kier molecular flexibility index (Phi) is 4.87. The molecule has 0 aliphatic carbocycles. The van der Waals surface area contributed by atoms with E-state index in [1.165, 1.54) is 12.1 Å². The van der Waals surface area contributed by atoms with Gasteiger partial charge in [0, 0.05) is 19.8 Å². The second-order valence-electron chi connectivity index (χ2n) is 3.89. The molecule has 1 atom stereocenters. The smallest absolute Gasteiger partial charge is 0.377 e. The minimum atomic E-state index is -4.13. The van der Waals surface area contributed by atoms with E-state index >= 15 is 0 Å². The number of hydrogen-bond acceptors (Lipinski definition) is 6. The topological polar surface area (TPSA) is 82.1 Å². The SMILES string of the molecule is COC(=O)[C@](O)(c1ccc(C)cc1)P(=O)(OC)OC. The average Bonchev–Trinajstić information content (AvgIpc) is 2.45. The van der Waals surface area contributed by atoms with Crippen molar-refractivity contribution in [2.75, 3.05) is 21.3 Å². The maximum atomic E-state index is 12.5. The summed E-state index contributed by atoms with van der Waals surface area (Å²) in [4.78, 5) is 11.9. The van der Waals surface area contributed by atoms with Crippen molar-refractivity contribution in [3.8, 4) is 0 Å². The lowest BCUT2D eigenvalue weighted by molar-refractivity contribution is -0.156. The third-order valence-electron chi connectivity index (χ3n) is 2.80. The highest BCUT2D eigenvalue weighted by atomic mass is 31.2. The van der Waals surface area contributed by atoms with Crippen LogP contribution in [0.2, 0.25) is 0 Å². The summed E-state index contributed by atoms with van der Waals surface area (Å²) >= 11 is 0. The second-order valence-corrected chi connectivity index (χ2v) is 6.26. The Balaban J connectivity index is 3.48. The first-order chi connectivity index (χ1) is 8.85. The van der Waals surface area contributed by atoms with Crippen LogP contribution in [0.15, 0.2) is 24.3 Å². The first kappa shape index (κ1) is 15.9. The normalized spacial score (nSPS) is 14.8. The molecule has 0 aromatic heterocycles. The molecule has 0 spiro atoms. The highest BCUT2D eigenvalue weighted by Crippen LogP contribution is 2.63. The Morgan fingerprint density at radius 1 is 1.16 bits per heavy atom. The van der Waals surface area contributed by atoms with Gasteiger partial charge in [-0.2, -0.15) is 0 Å². The number of benzene rings is 1. The van der Waals surface area contributed by atoms with E-state index in [1.807, 2.05) is 6.92 Å². The summed E-state index contributed by atoms with van der Waals surface area (Å²) in [5, 5.41) is 8.07. The fraction of sp³-hybridized carbons (Fsp3) is 0.417. The van der Waals surface area contributed by atoms with E-state index in [4.69, 9.17) is 9.05 Å². The molecule has 1 rings (SSSR count). The molecule has 0 saturated carbocycles. The minimum absolute atomic E-state index is 0.0805. The summed E-state index contributed by atoms with van der Waals surface area (Å²) in [5.41, 5.74) is 0.998. The Hall–Kier alpha value is -1.20. The van der Waals surface area contributed by atoms with Gasteiger partial charge in [-0.05, 0) is 6.92 Å². The van der Waals surface area contributed by atoms with Gasteiger partial charge in [-0.15, -0.1) is 0 Å². The predicted octanol–water partition coefficient (Wildman–Crippen LogP) is 1.80. The molecule has 0 bridgehead atoms. The number of hydrogen-bond donors (Lipinski definition) is 1. The fourth-order valence-corrected chi connectivity index (χ4v) is 3.11. The van der Waals surface area contributed by atoms with Crippen molar-refractivity contribution in [3.63, 3.8) is 0 Å². The van der Waals surface area contributed by atoms with Crippen molar-refractivity contribution in [1.82, 2.24) is 0 Å². The maximum absolute atomic E-state index is 12.5. The van der Waals surface area contributed by atoms with Gasteiger partial charge < -0.3 is 18.9 Å². The number of carbonyl (C=O) groups is 1. The van der Waals surface area contributed by atoms with Gasteiger partial charge >= 0.3 is 13.6 Å². The van der Waals surface area contributed by atoms with E-state index in [9.17, 15) is 14.5 Å². The van der Waals surface area contributed by atoms with Crippen molar-refractivity contribution >= 4 is 13.6 Å². The fourth-order valence-electron chi connectivity index (χ4n) is 1.65. The molecule has 7 heteroatoms. The molecule has 0 radical (unpaired) electrons. The third-order valence-corrected chi connectivity index (χ3v) is 5.00. The van der Waals surface area contributed by atoms with E-state index in [0.29, 0.717) is 0 Å². The number of aryl methyl sites for hydroxylation is 1. The van der Waals surface area contributed by atoms with Gasteiger partial charge in [0.2, 0.25) is 0 Å². The summed E-state index contributed by atoms with van der Waals surface area (Å²) in [6.45, 7) is 1.84. The van der Waals surface area contributed by atoms with Crippen molar-refractivity contribution in [2.45, 2.75) is 12.3 Å². The maximum Gasteiger partial charge on any atom is 0.377 e. The molecule has 0 unspecified atom stereocenters. The van der Waals surface area contributed by atoms with Crippen LogP contribution in [-0.4, -0.2) is 32.4 Å². The van der Waals surface area contributed by atoms with E-state index in [2.05, 4.69) is 4.74 Å². The van der Waals surface area contributed by atoms with Crippen molar-refractivity contribution in [1.29, 1.82) is 0 Å². The zero-order valence-electron chi connectivity index (χ0n) is 11.2. The van der Waals surface area contributed by atoms with Crippen LogP contribution in [0.3, 0.4) is 0 Å². The average molecular weight is 288 g/mol. The van der Waals surface area contributed by atoms with Gasteiger partial charge in [0.1, 0.15) is 0 Å². The van der Waals surface area contributed by atoms with Crippen LogP contribution in [-0.2, 0) is 28.5 Å². The van der Waals surface area contributed by atoms with Crippen LogP contribution in [0.1, 0.15) is 11.1 Å². The minimum Gasteiger partial charge on any atom is -0.466 e. The Morgan fingerprint density at radius 3 is 2.00 bits per heavy atom. The first-order valence-electron chi connectivity index (χ1n) is 5.45. The molecule has 0 aliphatic rings. The van der Waals surface area contributed by atoms with Gasteiger partial charge in [-0.25, -0.2) is 4.79 Å². The molecule has 1 aromatic carbocycles. The molecule has 0 fully saturated rings. The number of methoxy groups -OCH3 is 1.